The molecule has 0 radical (unpaired) electrons. The molecule has 0 saturated carbocycles. The van der Waals surface area contributed by atoms with E-state index in [1.54, 1.807) is 11.3 Å². The maximum absolute atomic E-state index is 6.01. The Bertz CT molecular complexity index is 436. The topological polar surface area (TPSA) is 0 Å². The summed E-state index contributed by atoms with van der Waals surface area (Å²) in [5.74, 6) is 0. The van der Waals surface area contributed by atoms with Crippen molar-refractivity contribution in [2.24, 2.45) is 0 Å². The lowest BCUT2D eigenvalue weighted by Crippen LogP contribution is -1.70. The van der Waals surface area contributed by atoms with E-state index >= 15 is 0 Å². The average molecular weight is 420 g/mol. The minimum Gasteiger partial charge on any atom is -0.122 e. The van der Waals surface area contributed by atoms with Gasteiger partial charge in [0.1, 0.15) is 4.34 Å². The molecule has 2 aromatic rings. The van der Waals surface area contributed by atoms with E-state index in [-0.39, 0.29) is 0 Å². The summed E-state index contributed by atoms with van der Waals surface area (Å²) in [6.45, 7) is 0. The molecule has 0 atom stereocenters. The van der Waals surface area contributed by atoms with E-state index in [1.165, 1.54) is 17.2 Å². The van der Waals surface area contributed by atoms with Crippen LogP contribution in [0.15, 0.2) is 18.2 Å². The summed E-state index contributed by atoms with van der Waals surface area (Å²) in [6.07, 6.45) is 0. The molecule has 0 aliphatic heterocycles. The number of rotatable bonds is 0. The van der Waals surface area contributed by atoms with Crippen molar-refractivity contribution in [1.82, 2.24) is 0 Å². The third-order valence-electron chi connectivity index (χ3n) is 1.55. The van der Waals surface area contributed by atoms with Crippen LogP contribution in [-0.2, 0) is 0 Å². The second-order valence-corrected chi connectivity index (χ2v) is 6.31. The largest absolute Gasteiger partial charge is 0.122 e. The SMILES string of the molecule is Clc1sc2ccc(I)cc2c1I. The van der Waals surface area contributed by atoms with Gasteiger partial charge in [0.05, 0.1) is 3.57 Å². The van der Waals surface area contributed by atoms with Gasteiger partial charge in [0.25, 0.3) is 0 Å². The number of benzene rings is 1. The Labute approximate surface area is 107 Å². The lowest BCUT2D eigenvalue weighted by Gasteiger charge is -1.90. The van der Waals surface area contributed by atoms with Gasteiger partial charge in [-0.15, -0.1) is 11.3 Å². The van der Waals surface area contributed by atoms with Gasteiger partial charge >= 0.3 is 0 Å². The molecule has 0 spiro atoms. The van der Waals surface area contributed by atoms with Crippen LogP contribution in [-0.4, -0.2) is 0 Å². The van der Waals surface area contributed by atoms with Crippen molar-refractivity contribution in [2.75, 3.05) is 0 Å². The summed E-state index contributed by atoms with van der Waals surface area (Å²) >= 11 is 12.3. The quantitative estimate of drug-likeness (QED) is 0.539. The molecule has 0 fully saturated rings. The van der Waals surface area contributed by atoms with E-state index in [4.69, 9.17) is 11.6 Å². The molecule has 0 amide bonds. The van der Waals surface area contributed by atoms with Gasteiger partial charge in [0.2, 0.25) is 0 Å². The van der Waals surface area contributed by atoms with Crippen molar-refractivity contribution in [1.29, 1.82) is 0 Å². The van der Waals surface area contributed by atoms with E-state index in [9.17, 15) is 0 Å². The minimum atomic E-state index is 0.896. The van der Waals surface area contributed by atoms with Crippen LogP contribution in [0.2, 0.25) is 4.34 Å². The highest BCUT2D eigenvalue weighted by molar-refractivity contribution is 14.1. The van der Waals surface area contributed by atoms with Crippen molar-refractivity contribution in [2.45, 2.75) is 0 Å². The lowest BCUT2D eigenvalue weighted by molar-refractivity contribution is 1.75. The van der Waals surface area contributed by atoms with Crippen LogP contribution in [0, 0.1) is 7.14 Å². The van der Waals surface area contributed by atoms with Crippen molar-refractivity contribution in [3.8, 4) is 0 Å². The molecule has 0 N–H and O–H groups in total. The predicted molar refractivity (Wildman–Crippen MR) is 72.3 cm³/mol. The van der Waals surface area contributed by atoms with Crippen molar-refractivity contribution in [3.05, 3.63) is 29.7 Å². The number of halogens is 3. The second-order valence-electron chi connectivity index (χ2n) is 2.33. The molecule has 1 aromatic heterocycles. The van der Waals surface area contributed by atoms with Gasteiger partial charge in [0, 0.05) is 13.7 Å². The van der Waals surface area contributed by atoms with Crippen LogP contribution in [0.4, 0.5) is 0 Å². The third-order valence-corrected chi connectivity index (χ3v) is 5.41. The van der Waals surface area contributed by atoms with Gasteiger partial charge in [-0.2, -0.15) is 0 Å². The second kappa shape index (κ2) is 3.59. The number of hydrogen-bond donors (Lipinski definition) is 0. The molecule has 1 aromatic carbocycles. The van der Waals surface area contributed by atoms with E-state index < -0.39 is 0 Å². The van der Waals surface area contributed by atoms with Gasteiger partial charge in [-0.25, -0.2) is 0 Å². The summed E-state index contributed by atoms with van der Waals surface area (Å²) < 4.78 is 4.60. The van der Waals surface area contributed by atoms with Gasteiger partial charge in [-0.05, 0) is 63.4 Å². The Morgan fingerprint density at radius 1 is 1.25 bits per heavy atom. The summed E-state index contributed by atoms with van der Waals surface area (Å²) in [5.41, 5.74) is 0. The Balaban J connectivity index is 2.88. The van der Waals surface area contributed by atoms with Crippen LogP contribution >= 0.6 is 68.1 Å². The van der Waals surface area contributed by atoms with Crippen LogP contribution in [0.25, 0.3) is 10.1 Å². The Hall–Kier alpha value is 0.930. The molecule has 0 bridgehead atoms. The normalized spacial score (nSPS) is 10.9. The van der Waals surface area contributed by atoms with Gasteiger partial charge in [-0.1, -0.05) is 11.6 Å². The molecule has 4 heteroatoms. The summed E-state index contributed by atoms with van der Waals surface area (Å²) in [6, 6.07) is 6.39. The lowest BCUT2D eigenvalue weighted by atomic mass is 10.3. The fourth-order valence-corrected chi connectivity index (χ4v) is 3.61. The summed E-state index contributed by atoms with van der Waals surface area (Å²) in [4.78, 5) is 0. The molecule has 0 nitrogen and oxygen atoms in total. The Kier molecular flexibility index (Phi) is 2.84. The third kappa shape index (κ3) is 1.60. The van der Waals surface area contributed by atoms with Gasteiger partial charge in [-0.3, -0.25) is 0 Å². The maximum atomic E-state index is 6.01. The first kappa shape index (κ1) is 9.48. The fourth-order valence-electron chi connectivity index (χ4n) is 1.01. The van der Waals surface area contributed by atoms with Crippen molar-refractivity contribution >= 4 is 78.2 Å². The molecular formula is C8H3ClI2S. The first-order chi connectivity index (χ1) is 5.68. The number of fused-ring (bicyclic) bond motifs is 1. The first-order valence-corrected chi connectivity index (χ1v) is 6.57. The van der Waals surface area contributed by atoms with Crippen LogP contribution < -0.4 is 0 Å². The summed E-state index contributed by atoms with van der Waals surface area (Å²) in [5, 5.41) is 1.28. The molecule has 0 saturated heterocycles. The molecule has 12 heavy (non-hydrogen) atoms. The van der Waals surface area contributed by atoms with Crippen LogP contribution in [0.5, 0.6) is 0 Å². The number of thiophene rings is 1. The molecular weight excluding hydrogens is 417 g/mol. The average Bonchev–Trinajstić information content (AvgIpc) is 2.31. The van der Waals surface area contributed by atoms with E-state index in [0.29, 0.717) is 0 Å². The monoisotopic (exact) mass is 420 g/mol. The smallest absolute Gasteiger partial charge is 0.107 e. The highest BCUT2D eigenvalue weighted by Gasteiger charge is 2.06. The Morgan fingerprint density at radius 3 is 2.75 bits per heavy atom. The highest BCUT2D eigenvalue weighted by atomic mass is 127. The highest BCUT2D eigenvalue weighted by Crippen LogP contribution is 2.36. The van der Waals surface area contributed by atoms with E-state index in [2.05, 4.69) is 63.4 Å². The van der Waals surface area contributed by atoms with Gasteiger partial charge in [0.15, 0.2) is 0 Å². The fraction of sp³-hybridized carbons (Fsp3) is 0. The standard InChI is InChI=1S/C8H3ClI2S/c9-8-7(11)5-3-4(10)1-2-6(5)12-8/h1-3H. The van der Waals surface area contributed by atoms with Crippen LogP contribution in [0.1, 0.15) is 0 Å². The predicted octanol–water partition coefficient (Wildman–Crippen LogP) is 4.76. The van der Waals surface area contributed by atoms with Crippen LogP contribution in [0.3, 0.4) is 0 Å². The zero-order chi connectivity index (χ0) is 8.72. The molecule has 1 heterocycles. The van der Waals surface area contributed by atoms with Gasteiger partial charge < -0.3 is 0 Å². The molecule has 0 aliphatic rings. The molecule has 62 valence electrons. The zero-order valence-corrected chi connectivity index (χ0v) is 11.7. The molecule has 0 unspecified atom stereocenters. The van der Waals surface area contributed by atoms with Crippen molar-refractivity contribution < 1.29 is 0 Å². The Morgan fingerprint density at radius 2 is 2.00 bits per heavy atom. The summed E-state index contributed by atoms with van der Waals surface area (Å²) in [7, 11) is 0. The maximum Gasteiger partial charge on any atom is 0.107 e. The minimum absolute atomic E-state index is 0.896. The number of hydrogen-bond acceptors (Lipinski definition) is 1. The first-order valence-electron chi connectivity index (χ1n) is 3.21. The molecule has 2 rings (SSSR count). The van der Waals surface area contributed by atoms with E-state index in [0.717, 1.165) is 4.34 Å². The van der Waals surface area contributed by atoms with Crippen molar-refractivity contribution in [3.63, 3.8) is 0 Å². The zero-order valence-electron chi connectivity index (χ0n) is 5.77. The van der Waals surface area contributed by atoms with E-state index in [1.807, 2.05) is 0 Å². The molecule has 0 aliphatic carbocycles.